The van der Waals surface area contributed by atoms with E-state index in [0.717, 1.165) is 18.9 Å². The number of aliphatic hydroxyl groups is 1. The van der Waals surface area contributed by atoms with E-state index in [9.17, 15) is 14.7 Å². The lowest BCUT2D eigenvalue weighted by molar-refractivity contribution is 0.00509. The topological polar surface area (TPSA) is 113 Å². The molecule has 2 N–H and O–H groups in total. The number of hydrogen-bond acceptors (Lipinski definition) is 8. The van der Waals surface area contributed by atoms with Gasteiger partial charge in [-0.05, 0) is 63.8 Å². The minimum atomic E-state index is -0.999. The van der Waals surface area contributed by atoms with E-state index in [0.29, 0.717) is 32.7 Å². The number of pyridine rings is 1. The minimum absolute atomic E-state index is 0.0282. The Morgan fingerprint density at radius 3 is 2.44 bits per heavy atom. The van der Waals surface area contributed by atoms with Gasteiger partial charge in [0.1, 0.15) is 17.0 Å². The van der Waals surface area contributed by atoms with Crippen LogP contribution in [0, 0.1) is 0 Å². The number of ether oxygens (including phenoxy) is 3. The molecule has 212 valence electrons. The van der Waals surface area contributed by atoms with Gasteiger partial charge in [0.2, 0.25) is 5.88 Å². The van der Waals surface area contributed by atoms with Crippen LogP contribution in [-0.2, 0) is 22.3 Å². The first kappa shape index (κ1) is 28.6. The maximum absolute atomic E-state index is 13.1. The molecule has 10 heteroatoms. The number of nitrogens with one attached hydrogen (secondary N) is 1. The van der Waals surface area contributed by atoms with Crippen molar-refractivity contribution in [2.24, 2.45) is 0 Å². The van der Waals surface area contributed by atoms with Crippen LogP contribution in [0.1, 0.15) is 49.2 Å². The van der Waals surface area contributed by atoms with E-state index in [1.54, 1.807) is 17.0 Å². The van der Waals surface area contributed by atoms with Crippen LogP contribution < -0.4 is 15.0 Å². The van der Waals surface area contributed by atoms with Gasteiger partial charge in [-0.15, -0.1) is 0 Å². The highest BCUT2D eigenvalue weighted by atomic mass is 16.6. The molecule has 4 rings (SSSR count). The van der Waals surface area contributed by atoms with Crippen LogP contribution in [0.3, 0.4) is 0 Å². The second-order valence-electron chi connectivity index (χ2n) is 10.9. The summed E-state index contributed by atoms with van der Waals surface area (Å²) in [6.45, 7) is 10.3. The Hall–Kier alpha value is -3.37. The summed E-state index contributed by atoms with van der Waals surface area (Å²) in [6, 6.07) is 11.4. The summed E-state index contributed by atoms with van der Waals surface area (Å²) in [4.78, 5) is 34.4. The number of aliphatic hydroxyl groups excluding tert-OH is 1. The van der Waals surface area contributed by atoms with E-state index in [-0.39, 0.29) is 30.6 Å². The van der Waals surface area contributed by atoms with Crippen LogP contribution in [0.2, 0.25) is 0 Å². The van der Waals surface area contributed by atoms with Crippen LogP contribution in [-0.4, -0.2) is 90.7 Å². The Balaban J connectivity index is 1.41. The van der Waals surface area contributed by atoms with Gasteiger partial charge < -0.3 is 34.4 Å². The van der Waals surface area contributed by atoms with Gasteiger partial charge in [-0.1, -0.05) is 24.3 Å². The fourth-order valence-corrected chi connectivity index (χ4v) is 4.87. The van der Waals surface area contributed by atoms with E-state index in [1.165, 1.54) is 11.1 Å². The fraction of sp³-hybridized carbons (Fsp3) is 0.552. The van der Waals surface area contributed by atoms with Crippen LogP contribution in [0.15, 0.2) is 36.4 Å². The molecule has 0 radical (unpaired) electrons. The zero-order chi connectivity index (χ0) is 28.0. The molecule has 0 spiro atoms. The van der Waals surface area contributed by atoms with Gasteiger partial charge in [0.05, 0.1) is 32.5 Å². The number of morpholine rings is 1. The molecule has 2 amide bonds. The number of fused-ring (bicyclic) bond motifs is 1. The maximum Gasteiger partial charge on any atom is 0.410 e. The minimum Gasteiger partial charge on any atom is -0.477 e. The van der Waals surface area contributed by atoms with Crippen molar-refractivity contribution in [3.05, 3.63) is 53.1 Å². The normalized spacial score (nSPS) is 16.4. The molecule has 1 atom stereocenters. The second-order valence-corrected chi connectivity index (χ2v) is 10.9. The number of carbonyl (C=O) groups is 2. The Bertz CT molecular complexity index is 1120. The molecule has 1 aliphatic carbocycles. The molecular weight excluding hydrogens is 500 g/mol. The number of hydrogen-bond donors (Lipinski definition) is 2. The molecule has 2 aliphatic rings. The van der Waals surface area contributed by atoms with Crippen molar-refractivity contribution < 1.29 is 28.9 Å². The first-order valence-corrected chi connectivity index (χ1v) is 13.6. The summed E-state index contributed by atoms with van der Waals surface area (Å²) in [5.41, 5.74) is 2.00. The molecule has 2 aromatic rings. The lowest BCUT2D eigenvalue weighted by Gasteiger charge is -2.33. The van der Waals surface area contributed by atoms with Crippen LogP contribution in [0.25, 0.3) is 0 Å². The lowest BCUT2D eigenvalue weighted by Crippen LogP contribution is -2.49. The van der Waals surface area contributed by atoms with Crippen molar-refractivity contribution in [2.45, 2.75) is 58.3 Å². The highest BCUT2D eigenvalue weighted by Crippen LogP contribution is 2.27. The third-order valence-electron chi connectivity index (χ3n) is 6.71. The smallest absolute Gasteiger partial charge is 0.410 e. The van der Waals surface area contributed by atoms with Gasteiger partial charge in [0.15, 0.2) is 0 Å². The Morgan fingerprint density at radius 1 is 1.15 bits per heavy atom. The monoisotopic (exact) mass is 540 g/mol. The molecule has 39 heavy (non-hydrogen) atoms. The average Bonchev–Trinajstić information content (AvgIpc) is 3.34. The van der Waals surface area contributed by atoms with E-state index in [2.05, 4.69) is 27.3 Å². The number of amides is 2. The zero-order valence-electron chi connectivity index (χ0n) is 23.3. The van der Waals surface area contributed by atoms with Crippen molar-refractivity contribution in [1.29, 1.82) is 0 Å². The van der Waals surface area contributed by atoms with Crippen molar-refractivity contribution in [1.82, 2.24) is 15.2 Å². The van der Waals surface area contributed by atoms with Crippen molar-refractivity contribution in [3.63, 3.8) is 0 Å². The Kier molecular flexibility index (Phi) is 9.29. The first-order valence-electron chi connectivity index (χ1n) is 13.6. The van der Waals surface area contributed by atoms with E-state index < -0.39 is 23.7 Å². The zero-order valence-corrected chi connectivity index (χ0v) is 23.3. The second kappa shape index (κ2) is 12.7. The molecule has 0 saturated carbocycles. The SMILES string of the molecule is CCOc1nc(N2CCOCC2)ccc1C(=O)NC[C@@H](O)CN(C(=O)OC(C)(C)C)C1Cc2ccccc2C1. The molecule has 1 fully saturated rings. The summed E-state index contributed by atoms with van der Waals surface area (Å²) in [7, 11) is 0. The number of nitrogens with zero attached hydrogens (tertiary/aromatic N) is 3. The van der Waals surface area contributed by atoms with Gasteiger partial charge in [0.25, 0.3) is 5.91 Å². The number of benzene rings is 1. The summed E-state index contributed by atoms with van der Waals surface area (Å²) < 4.78 is 16.7. The van der Waals surface area contributed by atoms with Gasteiger partial charge in [0, 0.05) is 25.7 Å². The molecule has 1 aliphatic heterocycles. The lowest BCUT2D eigenvalue weighted by atomic mass is 10.1. The molecule has 10 nitrogen and oxygen atoms in total. The summed E-state index contributed by atoms with van der Waals surface area (Å²) in [6.07, 6.45) is -0.102. The Morgan fingerprint density at radius 2 is 1.82 bits per heavy atom. The highest BCUT2D eigenvalue weighted by molar-refractivity contribution is 5.96. The Labute approximate surface area is 230 Å². The van der Waals surface area contributed by atoms with Gasteiger partial charge in [-0.2, -0.15) is 4.98 Å². The predicted octanol–water partition coefficient (Wildman–Crippen LogP) is 2.81. The van der Waals surface area contributed by atoms with Crippen LogP contribution in [0.5, 0.6) is 5.88 Å². The third-order valence-corrected chi connectivity index (χ3v) is 6.71. The van der Waals surface area contributed by atoms with Crippen molar-refractivity contribution >= 4 is 17.8 Å². The number of carbonyl (C=O) groups excluding carboxylic acids is 2. The van der Waals surface area contributed by atoms with Crippen LogP contribution in [0.4, 0.5) is 10.6 Å². The summed E-state index contributed by atoms with van der Waals surface area (Å²) in [5, 5.41) is 13.7. The van der Waals surface area contributed by atoms with Gasteiger partial charge in [-0.3, -0.25) is 4.79 Å². The molecule has 1 aromatic heterocycles. The fourth-order valence-electron chi connectivity index (χ4n) is 4.87. The van der Waals surface area contributed by atoms with Gasteiger partial charge in [-0.25, -0.2) is 4.79 Å². The quantitative estimate of drug-likeness (QED) is 0.499. The van der Waals surface area contributed by atoms with Crippen molar-refractivity contribution in [2.75, 3.05) is 50.9 Å². The summed E-state index contributed by atoms with van der Waals surface area (Å²) >= 11 is 0. The molecule has 0 unspecified atom stereocenters. The van der Waals surface area contributed by atoms with E-state index in [1.807, 2.05) is 39.8 Å². The highest BCUT2D eigenvalue weighted by Gasteiger charge is 2.34. The molecular formula is C29H40N4O6. The number of aromatic nitrogens is 1. The molecule has 2 heterocycles. The standard InChI is InChI=1S/C29H40N4O6/c1-5-38-27-24(10-11-25(31-27)32-12-14-37-15-13-32)26(35)30-18-23(34)19-33(28(36)39-29(2,3)4)22-16-20-8-6-7-9-21(20)17-22/h6-11,22-23,34H,5,12-19H2,1-4H3,(H,30,35)/t23-/m1/s1. The predicted molar refractivity (Wildman–Crippen MR) is 147 cm³/mol. The molecule has 1 aromatic carbocycles. The molecule has 1 saturated heterocycles. The third kappa shape index (κ3) is 7.60. The van der Waals surface area contributed by atoms with Crippen molar-refractivity contribution in [3.8, 4) is 5.88 Å². The average molecular weight is 541 g/mol. The largest absolute Gasteiger partial charge is 0.477 e. The van der Waals surface area contributed by atoms with Crippen LogP contribution >= 0.6 is 0 Å². The summed E-state index contributed by atoms with van der Waals surface area (Å²) in [5.74, 6) is 0.562. The van der Waals surface area contributed by atoms with E-state index >= 15 is 0 Å². The molecule has 0 bridgehead atoms. The number of anilines is 1. The van der Waals surface area contributed by atoms with E-state index in [4.69, 9.17) is 14.2 Å². The van der Waals surface area contributed by atoms with Gasteiger partial charge >= 0.3 is 6.09 Å². The number of rotatable bonds is 9. The first-order chi connectivity index (χ1) is 18.6. The maximum atomic E-state index is 13.1.